The molecule has 17 atom stereocenters. The average Bonchev–Trinajstić information content (AvgIpc) is 3.55. The lowest BCUT2D eigenvalue weighted by Gasteiger charge is -2.48. The van der Waals surface area contributed by atoms with Crippen molar-refractivity contribution in [2.24, 2.45) is 0 Å². The van der Waals surface area contributed by atoms with Crippen molar-refractivity contribution in [2.45, 2.75) is 394 Å². The molecule has 0 saturated carbocycles. The molecule has 0 aromatic rings. The van der Waals surface area contributed by atoms with Crippen LogP contribution in [0.1, 0.15) is 290 Å². The minimum Gasteiger partial charge on any atom is -0.394 e. The molecule has 3 aliphatic rings. The zero-order valence-corrected chi connectivity index (χ0v) is 53.8. The van der Waals surface area contributed by atoms with E-state index in [2.05, 4.69) is 19.2 Å². The van der Waals surface area contributed by atoms with Gasteiger partial charge in [-0.05, 0) is 12.8 Å². The number of unbranched alkanes of at least 4 members (excludes halogenated alkanes) is 39. The normalized spacial score (nSPS) is 28.7. The van der Waals surface area contributed by atoms with Crippen LogP contribution in [0.25, 0.3) is 0 Å². The lowest BCUT2D eigenvalue weighted by atomic mass is 9.96. The molecule has 1 amide bonds. The first kappa shape index (κ1) is 79.0. The van der Waals surface area contributed by atoms with E-state index in [9.17, 15) is 61.0 Å². The van der Waals surface area contributed by atoms with Gasteiger partial charge < -0.3 is 89.9 Å². The topological polar surface area (TPSA) is 307 Å². The van der Waals surface area contributed by atoms with Gasteiger partial charge in [-0.1, -0.05) is 271 Å². The molecule has 17 unspecified atom stereocenters. The predicted octanol–water partition coefficient (Wildman–Crippen LogP) is 9.11. The summed E-state index contributed by atoms with van der Waals surface area (Å²) in [5.74, 6) is -0.239. The molecule has 3 heterocycles. The van der Waals surface area contributed by atoms with Crippen LogP contribution in [0.3, 0.4) is 0 Å². The number of amides is 1. The minimum atomic E-state index is -1.97. The van der Waals surface area contributed by atoms with Crippen molar-refractivity contribution < 1.29 is 89.4 Å². The van der Waals surface area contributed by atoms with Crippen molar-refractivity contribution in [3.63, 3.8) is 0 Å². The largest absolute Gasteiger partial charge is 0.394 e. The van der Waals surface area contributed by atoms with Crippen LogP contribution >= 0.6 is 0 Å². The van der Waals surface area contributed by atoms with Crippen molar-refractivity contribution >= 4 is 5.91 Å². The maximum Gasteiger partial charge on any atom is 0.220 e. The number of carbonyl (C=O) groups excluding carboxylic acids is 1. The number of nitrogens with one attached hydrogen (secondary N) is 1. The van der Waals surface area contributed by atoms with Crippen LogP contribution in [0.15, 0.2) is 0 Å². The Bertz CT molecular complexity index is 1570. The molecule has 0 aromatic heterocycles. The van der Waals surface area contributed by atoms with Crippen LogP contribution in [-0.4, -0.2) is 193 Å². The lowest BCUT2D eigenvalue weighted by molar-refractivity contribution is -0.379. The molecule has 0 radical (unpaired) electrons. The molecule has 3 rings (SSSR count). The number of hydrogen-bond acceptors (Lipinski definition) is 18. The number of carbonyl (C=O) groups is 1. The summed E-state index contributed by atoms with van der Waals surface area (Å²) in [7, 11) is 0. The predicted molar refractivity (Wildman–Crippen MR) is 333 cm³/mol. The first-order valence-electron chi connectivity index (χ1n) is 35.3. The third-order valence-corrected chi connectivity index (χ3v) is 18.2. The number of rotatable bonds is 55. The molecule has 3 saturated heterocycles. The van der Waals surface area contributed by atoms with E-state index in [1.54, 1.807) is 0 Å². The zero-order valence-electron chi connectivity index (χ0n) is 53.8. The Labute approximate surface area is 519 Å². The zero-order chi connectivity index (χ0) is 62.6. The quantitative estimate of drug-likeness (QED) is 0.0253. The minimum absolute atomic E-state index is 0.239. The summed E-state index contributed by atoms with van der Waals surface area (Å²) in [5, 5.41) is 120. The summed E-state index contributed by atoms with van der Waals surface area (Å²) in [6, 6.07) is -0.879. The summed E-state index contributed by atoms with van der Waals surface area (Å²) in [5.41, 5.74) is 0. The molecule has 3 aliphatic heterocycles. The Hall–Kier alpha value is -1.21. The van der Waals surface area contributed by atoms with E-state index in [4.69, 9.17) is 28.4 Å². The van der Waals surface area contributed by atoms with Gasteiger partial charge in [0.2, 0.25) is 5.91 Å². The number of hydrogen-bond donors (Lipinski definition) is 12. The van der Waals surface area contributed by atoms with E-state index in [0.29, 0.717) is 12.8 Å². The molecule has 12 N–H and O–H groups in total. The fourth-order valence-corrected chi connectivity index (χ4v) is 12.4. The molecule has 0 aromatic carbocycles. The summed E-state index contributed by atoms with van der Waals surface area (Å²) in [4.78, 5) is 13.3. The monoisotopic (exact) mass is 1240 g/mol. The highest BCUT2D eigenvalue weighted by Crippen LogP contribution is 2.33. The molecule has 0 spiro atoms. The van der Waals surface area contributed by atoms with E-state index < -0.39 is 124 Å². The van der Waals surface area contributed by atoms with Gasteiger partial charge in [-0.3, -0.25) is 4.79 Å². The Morgan fingerprint density at radius 1 is 0.372 bits per heavy atom. The first-order valence-corrected chi connectivity index (χ1v) is 35.3. The van der Waals surface area contributed by atoms with Gasteiger partial charge >= 0.3 is 0 Å². The van der Waals surface area contributed by atoms with E-state index >= 15 is 0 Å². The standard InChI is InChI=1S/C67H129NO18/c1-3-5-7-9-11-13-14-15-16-17-18-19-20-21-22-23-24-25-26-27-28-29-30-31-32-33-34-35-36-37-39-41-43-45-55(73)68-50(51(72)44-42-40-38-12-10-8-6-4-2)49-81-65-61(79)58(76)63(53(47-70)83-65)86-67-62(80)59(77)64(54(48-71)84-67)85-66-60(78)57(75)56(74)52(46-69)82-66/h50-54,56-67,69-72,74-80H,3-49H2,1-2H3,(H,68,73). The van der Waals surface area contributed by atoms with Gasteiger partial charge in [0, 0.05) is 6.42 Å². The molecule has 3 fully saturated rings. The second kappa shape index (κ2) is 50.4. The van der Waals surface area contributed by atoms with E-state index in [1.807, 2.05) is 0 Å². The average molecular weight is 1240 g/mol. The molecule has 0 bridgehead atoms. The Morgan fingerprint density at radius 2 is 0.663 bits per heavy atom. The molecule has 19 nitrogen and oxygen atoms in total. The fraction of sp³-hybridized carbons (Fsp3) is 0.985. The van der Waals surface area contributed by atoms with Crippen LogP contribution in [0.2, 0.25) is 0 Å². The van der Waals surface area contributed by atoms with Crippen molar-refractivity contribution in [2.75, 3.05) is 26.4 Å². The van der Waals surface area contributed by atoms with Crippen LogP contribution < -0.4 is 5.32 Å². The highest BCUT2D eigenvalue weighted by atomic mass is 16.8. The summed E-state index contributed by atoms with van der Waals surface area (Å²) in [6.45, 7) is 1.78. The third-order valence-electron chi connectivity index (χ3n) is 18.2. The van der Waals surface area contributed by atoms with Crippen LogP contribution in [0.4, 0.5) is 0 Å². The van der Waals surface area contributed by atoms with Crippen molar-refractivity contribution in [3.8, 4) is 0 Å². The van der Waals surface area contributed by atoms with Crippen LogP contribution in [0.5, 0.6) is 0 Å². The summed E-state index contributed by atoms with van der Waals surface area (Å²) >= 11 is 0. The van der Waals surface area contributed by atoms with E-state index in [-0.39, 0.29) is 18.9 Å². The maximum atomic E-state index is 13.3. The molecule has 0 aliphatic carbocycles. The molecule has 19 heteroatoms. The SMILES string of the molecule is CCCCCCCCCCCCCCCCCCCCCCCCCCCCCCCCCCCC(=O)NC(COC1OC(CO)C(OC2OC(CO)C(OC3OC(CO)C(O)C(O)C3O)C(O)C2O)C(O)C1O)C(O)CCCCCCCCCC. The molecule has 86 heavy (non-hydrogen) atoms. The van der Waals surface area contributed by atoms with E-state index in [1.165, 1.54) is 212 Å². The molecular formula is C67H129NO18. The van der Waals surface area contributed by atoms with Gasteiger partial charge in [-0.15, -0.1) is 0 Å². The second-order valence-electron chi connectivity index (χ2n) is 25.7. The number of aliphatic hydroxyl groups excluding tert-OH is 11. The fourth-order valence-electron chi connectivity index (χ4n) is 12.4. The van der Waals surface area contributed by atoms with Gasteiger partial charge in [0.1, 0.15) is 73.2 Å². The van der Waals surface area contributed by atoms with Crippen molar-refractivity contribution in [3.05, 3.63) is 0 Å². The molecule has 510 valence electrons. The van der Waals surface area contributed by atoms with Gasteiger partial charge in [0.25, 0.3) is 0 Å². The number of aliphatic hydroxyl groups is 11. The lowest BCUT2D eigenvalue weighted by Crippen LogP contribution is -2.66. The van der Waals surface area contributed by atoms with Gasteiger partial charge in [-0.25, -0.2) is 0 Å². The molecular weight excluding hydrogens is 1110 g/mol. The van der Waals surface area contributed by atoms with Gasteiger partial charge in [-0.2, -0.15) is 0 Å². The summed E-state index contributed by atoms with van der Waals surface area (Å²) < 4.78 is 34.3. The highest BCUT2D eigenvalue weighted by Gasteiger charge is 2.53. The maximum absolute atomic E-state index is 13.3. The Kier molecular flexibility index (Phi) is 46.3. The third kappa shape index (κ3) is 32.4. The van der Waals surface area contributed by atoms with Gasteiger partial charge in [0.15, 0.2) is 18.9 Å². The van der Waals surface area contributed by atoms with Crippen molar-refractivity contribution in [1.82, 2.24) is 5.32 Å². The van der Waals surface area contributed by atoms with E-state index in [0.717, 1.165) is 44.9 Å². The Morgan fingerprint density at radius 3 is 1.01 bits per heavy atom. The van der Waals surface area contributed by atoms with Crippen LogP contribution in [0, 0.1) is 0 Å². The van der Waals surface area contributed by atoms with Gasteiger partial charge in [0.05, 0.1) is 38.6 Å². The van der Waals surface area contributed by atoms with Crippen molar-refractivity contribution in [1.29, 1.82) is 0 Å². The second-order valence-corrected chi connectivity index (χ2v) is 25.7. The number of ether oxygens (including phenoxy) is 6. The first-order chi connectivity index (χ1) is 41.8. The smallest absolute Gasteiger partial charge is 0.220 e. The Balaban J connectivity index is 1.29. The highest BCUT2D eigenvalue weighted by molar-refractivity contribution is 5.76. The van der Waals surface area contributed by atoms with Crippen LogP contribution in [-0.2, 0) is 33.2 Å². The summed E-state index contributed by atoms with van der Waals surface area (Å²) in [6.07, 6.45) is 26.9.